The highest BCUT2D eigenvalue weighted by Crippen LogP contribution is 2.25. The normalized spacial score (nSPS) is 13.4. The first kappa shape index (κ1) is 15.7. The van der Waals surface area contributed by atoms with Crippen molar-refractivity contribution in [2.75, 3.05) is 0 Å². The number of aromatic nitrogens is 4. The number of H-pyrrole nitrogens is 1. The Labute approximate surface area is 138 Å². The molecule has 0 aliphatic carbocycles. The molecule has 120 valence electrons. The minimum atomic E-state index is -0.294. The summed E-state index contributed by atoms with van der Waals surface area (Å²) in [4.78, 5) is 19.9. The minimum absolute atomic E-state index is 0.0390. The molecule has 2 aromatic heterocycles. The van der Waals surface area contributed by atoms with Crippen molar-refractivity contribution in [1.29, 1.82) is 0 Å². The number of hydrogen-bond donors (Lipinski definition) is 2. The van der Waals surface area contributed by atoms with Crippen molar-refractivity contribution >= 4 is 39.7 Å². The van der Waals surface area contributed by atoms with Crippen LogP contribution in [-0.4, -0.2) is 36.9 Å². The molecule has 0 aliphatic heterocycles. The van der Waals surface area contributed by atoms with Crippen molar-refractivity contribution < 1.29 is 4.79 Å². The van der Waals surface area contributed by atoms with E-state index in [9.17, 15) is 4.79 Å². The zero-order valence-corrected chi connectivity index (χ0v) is 14.4. The number of nitrogens with zero attached hydrogens (tertiary/aromatic N) is 3. The molecule has 0 aliphatic rings. The predicted molar refractivity (Wildman–Crippen MR) is 92.4 cm³/mol. The van der Waals surface area contributed by atoms with Gasteiger partial charge in [0.25, 0.3) is 0 Å². The van der Waals surface area contributed by atoms with E-state index < -0.39 is 0 Å². The van der Waals surface area contributed by atoms with Gasteiger partial charge in [0.1, 0.15) is 5.52 Å². The largest absolute Gasteiger partial charge is 0.351 e. The van der Waals surface area contributed by atoms with Gasteiger partial charge in [0.15, 0.2) is 5.65 Å². The van der Waals surface area contributed by atoms with Gasteiger partial charge in [0.2, 0.25) is 11.1 Å². The van der Waals surface area contributed by atoms with E-state index in [-0.39, 0.29) is 16.7 Å². The van der Waals surface area contributed by atoms with Gasteiger partial charge in [-0.25, -0.2) is 4.98 Å². The first-order valence-corrected chi connectivity index (χ1v) is 8.31. The quantitative estimate of drug-likeness (QED) is 0.722. The summed E-state index contributed by atoms with van der Waals surface area (Å²) in [5.74, 6) is -0.0390. The number of para-hydroxylation sites is 1. The Kier molecular flexibility index (Phi) is 3.97. The minimum Gasteiger partial charge on any atom is -0.351 e. The van der Waals surface area contributed by atoms with E-state index in [1.807, 2.05) is 52.0 Å². The summed E-state index contributed by atoms with van der Waals surface area (Å²) in [7, 11) is 0. The molecule has 3 rings (SSSR count). The van der Waals surface area contributed by atoms with E-state index in [1.165, 1.54) is 11.8 Å². The summed E-state index contributed by atoms with van der Waals surface area (Å²) in [6.45, 7) is 7.70. The molecule has 0 bridgehead atoms. The lowest BCUT2D eigenvalue weighted by atomic mass is 10.1. The molecule has 1 atom stereocenters. The van der Waals surface area contributed by atoms with E-state index in [0.717, 1.165) is 16.4 Å². The molecule has 1 aromatic carbocycles. The van der Waals surface area contributed by atoms with Crippen LogP contribution in [0.25, 0.3) is 22.1 Å². The Morgan fingerprint density at radius 2 is 2.00 bits per heavy atom. The Morgan fingerprint density at radius 1 is 1.26 bits per heavy atom. The van der Waals surface area contributed by atoms with Crippen molar-refractivity contribution in [3.05, 3.63) is 24.3 Å². The van der Waals surface area contributed by atoms with Crippen LogP contribution in [0.2, 0.25) is 0 Å². The Balaban J connectivity index is 1.83. The number of nitrogens with one attached hydrogen (secondary N) is 2. The van der Waals surface area contributed by atoms with E-state index in [1.54, 1.807) is 0 Å². The fourth-order valence-electron chi connectivity index (χ4n) is 2.24. The molecule has 7 heteroatoms. The van der Waals surface area contributed by atoms with Crippen LogP contribution in [0.5, 0.6) is 0 Å². The molecule has 1 amide bonds. The third-order valence-electron chi connectivity index (χ3n) is 3.25. The molecule has 0 unspecified atom stereocenters. The average molecular weight is 329 g/mol. The maximum atomic E-state index is 12.2. The standard InChI is InChI=1S/C16H19N5OS/c1-9(14(22)19-16(2,3)4)23-15-18-13-12(20-21-15)10-7-5-6-8-11(10)17-13/h5-9H,1-4H3,(H,19,22)(H,17,18,21)/t9-/m1/s1. The fraction of sp³-hybridized carbons (Fsp3) is 0.375. The molecule has 0 radical (unpaired) electrons. The number of rotatable bonds is 3. The molecule has 2 heterocycles. The maximum absolute atomic E-state index is 12.2. The third kappa shape index (κ3) is 3.44. The molecule has 0 saturated carbocycles. The number of fused-ring (bicyclic) bond motifs is 3. The zero-order valence-electron chi connectivity index (χ0n) is 13.5. The third-order valence-corrected chi connectivity index (χ3v) is 4.20. The van der Waals surface area contributed by atoms with Crippen LogP contribution in [0.4, 0.5) is 0 Å². The van der Waals surface area contributed by atoms with Crippen LogP contribution >= 0.6 is 11.8 Å². The van der Waals surface area contributed by atoms with E-state index in [2.05, 4.69) is 25.5 Å². The number of benzene rings is 1. The van der Waals surface area contributed by atoms with Gasteiger partial charge < -0.3 is 10.3 Å². The maximum Gasteiger partial charge on any atom is 0.233 e. The Hall–Kier alpha value is -2.15. The molecule has 2 N–H and O–H groups in total. The Bertz CT molecular complexity index is 868. The Morgan fingerprint density at radius 3 is 2.74 bits per heavy atom. The van der Waals surface area contributed by atoms with Gasteiger partial charge in [-0.2, -0.15) is 0 Å². The van der Waals surface area contributed by atoms with Crippen molar-refractivity contribution in [1.82, 2.24) is 25.5 Å². The summed E-state index contributed by atoms with van der Waals surface area (Å²) in [5.41, 5.74) is 2.15. The van der Waals surface area contributed by atoms with Crippen molar-refractivity contribution in [2.24, 2.45) is 0 Å². The number of hydrogen-bond acceptors (Lipinski definition) is 5. The summed E-state index contributed by atoms with van der Waals surface area (Å²) in [6, 6.07) is 7.88. The lowest BCUT2D eigenvalue weighted by Gasteiger charge is -2.22. The number of carbonyl (C=O) groups is 1. The second-order valence-electron chi connectivity index (χ2n) is 6.46. The lowest BCUT2D eigenvalue weighted by Crippen LogP contribution is -2.44. The summed E-state index contributed by atoms with van der Waals surface area (Å²) < 4.78 is 0. The second kappa shape index (κ2) is 5.81. The van der Waals surface area contributed by atoms with Crippen LogP contribution in [0.3, 0.4) is 0 Å². The number of carbonyl (C=O) groups excluding carboxylic acids is 1. The molecule has 23 heavy (non-hydrogen) atoms. The molecular weight excluding hydrogens is 310 g/mol. The van der Waals surface area contributed by atoms with Gasteiger partial charge in [-0.05, 0) is 33.8 Å². The zero-order chi connectivity index (χ0) is 16.6. The molecule has 6 nitrogen and oxygen atoms in total. The number of thioether (sulfide) groups is 1. The van der Waals surface area contributed by atoms with Gasteiger partial charge in [-0.1, -0.05) is 30.0 Å². The molecule has 0 saturated heterocycles. The lowest BCUT2D eigenvalue weighted by molar-refractivity contribution is -0.121. The van der Waals surface area contributed by atoms with E-state index in [4.69, 9.17) is 0 Å². The average Bonchev–Trinajstić information content (AvgIpc) is 2.83. The summed E-state index contributed by atoms with van der Waals surface area (Å²) >= 11 is 1.30. The van der Waals surface area contributed by atoms with Gasteiger partial charge in [0.05, 0.1) is 5.25 Å². The van der Waals surface area contributed by atoms with E-state index >= 15 is 0 Å². The SMILES string of the molecule is C[C@@H](Sc1nnc2c(n1)[nH]c1ccccc12)C(=O)NC(C)(C)C. The second-order valence-corrected chi connectivity index (χ2v) is 7.77. The monoisotopic (exact) mass is 329 g/mol. The molecular formula is C16H19N5OS. The van der Waals surface area contributed by atoms with E-state index in [0.29, 0.717) is 10.8 Å². The first-order valence-electron chi connectivity index (χ1n) is 7.43. The van der Waals surface area contributed by atoms with Crippen LogP contribution in [0.1, 0.15) is 27.7 Å². The molecule has 3 aromatic rings. The van der Waals surface area contributed by atoms with Crippen LogP contribution < -0.4 is 5.32 Å². The van der Waals surface area contributed by atoms with Crippen LogP contribution in [0, 0.1) is 0 Å². The van der Waals surface area contributed by atoms with Gasteiger partial charge >= 0.3 is 0 Å². The summed E-state index contributed by atoms with van der Waals surface area (Å²) in [5, 5.41) is 12.6. The van der Waals surface area contributed by atoms with Crippen LogP contribution in [-0.2, 0) is 4.79 Å². The van der Waals surface area contributed by atoms with Crippen molar-refractivity contribution in [3.8, 4) is 0 Å². The molecule has 0 spiro atoms. The fourth-order valence-corrected chi connectivity index (χ4v) is 2.95. The predicted octanol–water partition coefficient (Wildman–Crippen LogP) is 2.90. The van der Waals surface area contributed by atoms with Gasteiger partial charge in [-0.3, -0.25) is 4.79 Å². The highest BCUT2D eigenvalue weighted by atomic mass is 32.2. The van der Waals surface area contributed by atoms with Crippen molar-refractivity contribution in [3.63, 3.8) is 0 Å². The number of aromatic amines is 1. The van der Waals surface area contributed by atoms with Crippen LogP contribution in [0.15, 0.2) is 29.4 Å². The highest BCUT2D eigenvalue weighted by molar-refractivity contribution is 8.00. The van der Waals surface area contributed by atoms with Gasteiger partial charge in [-0.15, -0.1) is 10.2 Å². The number of amides is 1. The van der Waals surface area contributed by atoms with Gasteiger partial charge in [0, 0.05) is 16.4 Å². The first-order chi connectivity index (χ1) is 10.8. The highest BCUT2D eigenvalue weighted by Gasteiger charge is 2.21. The smallest absolute Gasteiger partial charge is 0.233 e. The topological polar surface area (TPSA) is 83.6 Å². The molecule has 0 fully saturated rings. The summed E-state index contributed by atoms with van der Waals surface area (Å²) in [6.07, 6.45) is 0. The van der Waals surface area contributed by atoms with Crippen molar-refractivity contribution in [2.45, 2.75) is 43.6 Å².